The highest BCUT2D eigenvalue weighted by Gasteiger charge is 1.98. The molecule has 1 amide bonds. The van der Waals surface area contributed by atoms with Gasteiger partial charge in [-0.25, -0.2) is 5.43 Å². The lowest BCUT2D eigenvalue weighted by Gasteiger charge is -2.01. The number of carbonyl (C=O) groups excluding carboxylic acids is 1. The Morgan fingerprint density at radius 1 is 1.06 bits per heavy atom. The third-order valence-corrected chi connectivity index (χ3v) is 2.80. The number of hydrazone groups is 1. The molecule has 1 N–H and O–H groups in total. The highest BCUT2D eigenvalue weighted by atomic mass is 16.2. The van der Waals surface area contributed by atoms with Crippen molar-refractivity contribution in [1.29, 1.82) is 0 Å². The molecule has 0 unspecified atom stereocenters. The first-order valence-corrected chi connectivity index (χ1v) is 7.24. The monoisotopic (exact) mass is 252 g/mol. The van der Waals surface area contributed by atoms with E-state index in [2.05, 4.69) is 17.5 Å². The second-order valence-corrected chi connectivity index (χ2v) is 4.56. The van der Waals surface area contributed by atoms with Crippen LogP contribution in [0.15, 0.2) is 17.3 Å². The Bertz CT molecular complexity index is 247. The quantitative estimate of drug-likeness (QED) is 0.334. The Hall–Kier alpha value is -1.12. The Morgan fingerprint density at radius 2 is 1.67 bits per heavy atom. The van der Waals surface area contributed by atoms with Crippen molar-refractivity contribution in [2.45, 2.75) is 71.6 Å². The molecule has 0 aromatic heterocycles. The van der Waals surface area contributed by atoms with Gasteiger partial charge in [0, 0.05) is 12.6 Å². The molecular formula is C15H28N2O. The summed E-state index contributed by atoms with van der Waals surface area (Å²) in [4.78, 5) is 11.3. The van der Waals surface area contributed by atoms with Crippen molar-refractivity contribution in [3.63, 3.8) is 0 Å². The van der Waals surface area contributed by atoms with Crippen molar-refractivity contribution >= 4 is 12.1 Å². The minimum Gasteiger partial charge on any atom is -0.273 e. The van der Waals surface area contributed by atoms with Crippen LogP contribution in [0.2, 0.25) is 0 Å². The second-order valence-electron chi connectivity index (χ2n) is 4.56. The van der Waals surface area contributed by atoms with Gasteiger partial charge in [0.1, 0.15) is 0 Å². The fourth-order valence-corrected chi connectivity index (χ4v) is 1.71. The van der Waals surface area contributed by atoms with E-state index in [4.69, 9.17) is 0 Å². The molecule has 0 aromatic carbocycles. The molecule has 0 fully saturated rings. The van der Waals surface area contributed by atoms with Crippen LogP contribution >= 0.6 is 0 Å². The van der Waals surface area contributed by atoms with E-state index in [1.807, 2.05) is 13.0 Å². The first-order valence-electron chi connectivity index (χ1n) is 7.24. The first kappa shape index (κ1) is 16.9. The summed E-state index contributed by atoms with van der Waals surface area (Å²) in [5, 5.41) is 3.80. The number of unbranched alkanes of at least 4 members (excludes halogenated alkanes) is 7. The lowest BCUT2D eigenvalue weighted by atomic mass is 10.1. The Morgan fingerprint density at radius 3 is 2.28 bits per heavy atom. The zero-order valence-electron chi connectivity index (χ0n) is 12.0. The number of carbonyl (C=O) groups is 1. The Balaban J connectivity index is 3.25. The smallest absolute Gasteiger partial charge is 0.240 e. The van der Waals surface area contributed by atoms with Gasteiger partial charge in [-0.15, -0.1) is 0 Å². The van der Waals surface area contributed by atoms with Gasteiger partial charge in [-0.3, -0.25) is 4.79 Å². The van der Waals surface area contributed by atoms with Crippen LogP contribution in [0.4, 0.5) is 0 Å². The van der Waals surface area contributed by atoms with Crippen LogP contribution < -0.4 is 5.43 Å². The van der Waals surface area contributed by atoms with Crippen molar-refractivity contribution in [2.75, 3.05) is 0 Å². The maximum atomic E-state index is 11.3. The van der Waals surface area contributed by atoms with Gasteiger partial charge in [-0.2, -0.15) is 5.10 Å². The average Bonchev–Trinajstić information content (AvgIpc) is 2.38. The van der Waals surface area contributed by atoms with Crippen LogP contribution in [-0.4, -0.2) is 12.1 Å². The number of rotatable bonds is 11. The fourth-order valence-electron chi connectivity index (χ4n) is 1.71. The van der Waals surface area contributed by atoms with E-state index >= 15 is 0 Å². The van der Waals surface area contributed by atoms with Gasteiger partial charge in [-0.1, -0.05) is 57.9 Å². The summed E-state index contributed by atoms with van der Waals surface area (Å²) in [6.07, 6.45) is 15.9. The van der Waals surface area contributed by atoms with Crippen LogP contribution in [0.5, 0.6) is 0 Å². The number of hydrogen-bond donors (Lipinski definition) is 1. The van der Waals surface area contributed by atoms with Gasteiger partial charge >= 0.3 is 0 Å². The highest BCUT2D eigenvalue weighted by molar-refractivity contribution is 5.78. The van der Waals surface area contributed by atoms with Crippen LogP contribution in [0, 0.1) is 0 Å². The SMILES string of the molecule is C/C=C/C=N/NC(=O)CCCCCCCCCC. The van der Waals surface area contributed by atoms with E-state index in [0.29, 0.717) is 6.42 Å². The molecule has 0 spiro atoms. The van der Waals surface area contributed by atoms with Gasteiger partial charge in [0.05, 0.1) is 0 Å². The van der Waals surface area contributed by atoms with Gasteiger partial charge < -0.3 is 0 Å². The van der Waals surface area contributed by atoms with E-state index < -0.39 is 0 Å². The first-order chi connectivity index (χ1) is 8.81. The van der Waals surface area contributed by atoms with E-state index in [1.54, 1.807) is 12.3 Å². The Kier molecular flexibility index (Phi) is 13.1. The molecule has 0 bridgehead atoms. The molecule has 0 rings (SSSR count). The lowest BCUT2D eigenvalue weighted by molar-refractivity contribution is -0.121. The molecule has 3 heteroatoms. The van der Waals surface area contributed by atoms with Crippen molar-refractivity contribution in [3.8, 4) is 0 Å². The summed E-state index contributed by atoms with van der Waals surface area (Å²) < 4.78 is 0. The molecular weight excluding hydrogens is 224 g/mol. The van der Waals surface area contributed by atoms with Crippen LogP contribution in [-0.2, 0) is 4.79 Å². The van der Waals surface area contributed by atoms with Gasteiger partial charge in [0.25, 0.3) is 0 Å². The predicted octanol–water partition coefficient (Wildman–Crippen LogP) is 4.20. The van der Waals surface area contributed by atoms with E-state index in [1.165, 1.54) is 38.5 Å². The normalized spacial score (nSPS) is 11.4. The number of nitrogens with zero attached hydrogens (tertiary/aromatic N) is 1. The summed E-state index contributed by atoms with van der Waals surface area (Å²) >= 11 is 0. The number of nitrogens with one attached hydrogen (secondary N) is 1. The molecule has 18 heavy (non-hydrogen) atoms. The van der Waals surface area contributed by atoms with Gasteiger partial charge in [0.2, 0.25) is 5.91 Å². The zero-order valence-corrected chi connectivity index (χ0v) is 12.0. The maximum Gasteiger partial charge on any atom is 0.240 e. The standard InChI is InChI=1S/C15H28N2O/c1-3-5-7-8-9-10-11-12-13-15(18)17-16-14-6-4-2/h4,6,14H,3,5,7-13H2,1-2H3,(H,17,18)/b6-4+,16-14+. The average molecular weight is 252 g/mol. The van der Waals surface area contributed by atoms with Crippen molar-refractivity contribution in [3.05, 3.63) is 12.2 Å². The zero-order chi connectivity index (χ0) is 13.5. The minimum atomic E-state index is 0.0155. The largest absolute Gasteiger partial charge is 0.273 e. The minimum absolute atomic E-state index is 0.0155. The molecule has 0 saturated heterocycles. The third kappa shape index (κ3) is 12.9. The van der Waals surface area contributed by atoms with E-state index in [0.717, 1.165) is 12.8 Å². The lowest BCUT2D eigenvalue weighted by Crippen LogP contribution is -2.16. The summed E-state index contributed by atoms with van der Waals surface area (Å²) in [6, 6.07) is 0. The molecule has 0 atom stereocenters. The van der Waals surface area contributed by atoms with Crippen molar-refractivity contribution in [2.24, 2.45) is 5.10 Å². The van der Waals surface area contributed by atoms with Gasteiger partial charge in [0.15, 0.2) is 0 Å². The van der Waals surface area contributed by atoms with E-state index in [-0.39, 0.29) is 5.91 Å². The third-order valence-electron chi connectivity index (χ3n) is 2.80. The predicted molar refractivity (Wildman–Crippen MR) is 78.7 cm³/mol. The second kappa shape index (κ2) is 13.9. The Labute approximate surface area is 112 Å². The summed E-state index contributed by atoms with van der Waals surface area (Å²) in [6.45, 7) is 4.14. The van der Waals surface area contributed by atoms with Gasteiger partial charge in [-0.05, 0) is 19.4 Å². The van der Waals surface area contributed by atoms with E-state index in [9.17, 15) is 4.79 Å². The molecule has 0 aliphatic rings. The topological polar surface area (TPSA) is 41.5 Å². The maximum absolute atomic E-state index is 11.3. The summed E-state index contributed by atoms with van der Waals surface area (Å²) in [5.41, 5.74) is 2.52. The van der Waals surface area contributed by atoms with Crippen LogP contribution in [0.1, 0.15) is 71.6 Å². The molecule has 104 valence electrons. The van der Waals surface area contributed by atoms with Crippen LogP contribution in [0.3, 0.4) is 0 Å². The number of amides is 1. The molecule has 0 heterocycles. The molecule has 0 aliphatic heterocycles. The molecule has 3 nitrogen and oxygen atoms in total. The molecule has 0 aromatic rings. The molecule has 0 radical (unpaired) electrons. The molecule has 0 aliphatic carbocycles. The molecule has 0 saturated carbocycles. The van der Waals surface area contributed by atoms with Crippen molar-refractivity contribution < 1.29 is 4.79 Å². The van der Waals surface area contributed by atoms with Crippen molar-refractivity contribution in [1.82, 2.24) is 5.43 Å². The summed E-state index contributed by atoms with van der Waals surface area (Å²) in [5.74, 6) is 0.0155. The summed E-state index contributed by atoms with van der Waals surface area (Å²) in [7, 11) is 0. The number of allylic oxidation sites excluding steroid dienone is 2. The van der Waals surface area contributed by atoms with Crippen LogP contribution in [0.25, 0.3) is 0 Å². The highest BCUT2D eigenvalue weighted by Crippen LogP contribution is 2.09. The fraction of sp³-hybridized carbons (Fsp3) is 0.733. The number of hydrogen-bond acceptors (Lipinski definition) is 2.